The molecule has 1 aromatic rings. The van der Waals surface area contributed by atoms with Crippen molar-refractivity contribution >= 4 is 16.5 Å². The van der Waals surface area contributed by atoms with Crippen LogP contribution in [0.1, 0.15) is 65.5 Å². The van der Waals surface area contributed by atoms with Gasteiger partial charge in [-0.1, -0.05) is 82.3 Å². The van der Waals surface area contributed by atoms with Crippen LogP contribution in [0.5, 0.6) is 0 Å². The van der Waals surface area contributed by atoms with E-state index in [1.54, 1.807) is 0 Å². The van der Waals surface area contributed by atoms with Crippen molar-refractivity contribution < 1.29 is 14.2 Å². The Bertz CT molecular complexity index is 625. The molecule has 0 spiro atoms. The van der Waals surface area contributed by atoms with Gasteiger partial charge < -0.3 is 14.2 Å². The Balaban J connectivity index is 1.70. The molecule has 1 aromatic carbocycles. The maximum absolute atomic E-state index is 6.51. The van der Waals surface area contributed by atoms with Gasteiger partial charge in [-0.2, -0.15) is 0 Å². The van der Waals surface area contributed by atoms with Crippen LogP contribution in [0.2, 0.25) is 0 Å². The third-order valence-corrected chi connectivity index (χ3v) is 11.3. The smallest absolute Gasteiger partial charge is 0.165 e. The molecule has 3 nitrogen and oxygen atoms in total. The van der Waals surface area contributed by atoms with Crippen molar-refractivity contribution in [3.63, 3.8) is 0 Å². The predicted molar refractivity (Wildman–Crippen MR) is 110 cm³/mol. The van der Waals surface area contributed by atoms with E-state index in [2.05, 4.69) is 65.8 Å². The lowest BCUT2D eigenvalue weighted by Crippen LogP contribution is -2.55. The highest BCUT2D eigenvalue weighted by Crippen LogP contribution is 2.65. The largest absolute Gasteiger partial charge is 0.345 e. The van der Waals surface area contributed by atoms with Crippen molar-refractivity contribution in [1.29, 1.82) is 0 Å². The van der Waals surface area contributed by atoms with Gasteiger partial charge in [0.25, 0.3) is 0 Å². The molecule has 0 N–H and O–H groups in total. The van der Waals surface area contributed by atoms with E-state index in [1.165, 1.54) is 11.1 Å². The molecule has 5 heteroatoms. The van der Waals surface area contributed by atoms with Crippen molar-refractivity contribution in [2.75, 3.05) is 0 Å². The first-order chi connectivity index (χ1) is 12.1. The van der Waals surface area contributed by atoms with E-state index in [9.17, 15) is 0 Å². The van der Waals surface area contributed by atoms with Gasteiger partial charge in [0.05, 0.1) is 5.85 Å². The van der Waals surface area contributed by atoms with Crippen LogP contribution in [0.25, 0.3) is 0 Å². The first kappa shape index (κ1) is 19.3. The lowest BCUT2D eigenvalue weighted by molar-refractivity contribution is -0.369. The van der Waals surface area contributed by atoms with E-state index < -0.39 is 0 Å². The van der Waals surface area contributed by atoms with E-state index >= 15 is 0 Å². The molecule has 4 saturated heterocycles. The van der Waals surface area contributed by atoms with Crippen molar-refractivity contribution in [1.82, 2.24) is 0 Å². The average Bonchev–Trinajstić information content (AvgIpc) is 2.49. The minimum absolute atomic E-state index is 0.0893. The highest BCUT2D eigenvalue weighted by atomic mass is 31.1. The molecule has 0 saturated carbocycles. The summed E-state index contributed by atoms with van der Waals surface area (Å²) in [5.41, 5.74) is 2.86. The fraction of sp³-hybridized carbons (Fsp3) is 0.714. The number of ether oxygens (including phenoxy) is 3. The quantitative estimate of drug-likeness (QED) is 0.593. The summed E-state index contributed by atoms with van der Waals surface area (Å²) in [5, 5.41) is 0.442. The molecule has 4 fully saturated rings. The zero-order chi connectivity index (χ0) is 18.7. The summed E-state index contributed by atoms with van der Waals surface area (Å²) in [6.45, 7) is 14.4. The molecular formula is C21H32O3P2. The third kappa shape index (κ3) is 3.51. The Morgan fingerprint density at radius 1 is 1.04 bits per heavy atom. The van der Waals surface area contributed by atoms with Crippen LogP contribution in [0.3, 0.4) is 0 Å². The Morgan fingerprint density at radius 2 is 1.73 bits per heavy atom. The van der Waals surface area contributed by atoms with Gasteiger partial charge in [-0.15, -0.1) is 0 Å². The predicted octanol–water partition coefficient (Wildman–Crippen LogP) is 5.95. The molecule has 4 aliphatic heterocycles. The molecule has 26 heavy (non-hydrogen) atoms. The van der Waals surface area contributed by atoms with Crippen molar-refractivity contribution in [3.05, 3.63) is 35.4 Å². The minimum Gasteiger partial charge on any atom is -0.345 e. The summed E-state index contributed by atoms with van der Waals surface area (Å²) >= 11 is 0. The van der Waals surface area contributed by atoms with Crippen LogP contribution in [0.15, 0.2) is 24.3 Å². The fourth-order valence-corrected chi connectivity index (χ4v) is 10.3. The maximum atomic E-state index is 6.51. The normalized spacial score (nSPS) is 34.8. The molecular weight excluding hydrogens is 362 g/mol. The van der Waals surface area contributed by atoms with E-state index in [1.807, 2.05) is 0 Å². The molecule has 5 atom stereocenters. The molecule has 144 valence electrons. The first-order valence-corrected chi connectivity index (χ1v) is 12.3. The zero-order valence-corrected chi connectivity index (χ0v) is 18.7. The molecule has 5 unspecified atom stereocenters. The van der Waals surface area contributed by atoms with Crippen molar-refractivity contribution in [3.8, 4) is 0 Å². The minimum atomic E-state index is -0.192. The fourth-order valence-electron chi connectivity index (χ4n) is 4.75. The van der Waals surface area contributed by atoms with Gasteiger partial charge in [-0.25, -0.2) is 0 Å². The van der Waals surface area contributed by atoms with Gasteiger partial charge in [-0.3, -0.25) is 0 Å². The molecule has 0 amide bonds. The lowest BCUT2D eigenvalue weighted by atomic mass is 9.98. The van der Waals surface area contributed by atoms with Crippen molar-refractivity contribution in [2.24, 2.45) is 0 Å². The van der Waals surface area contributed by atoms with E-state index in [0.717, 1.165) is 19.0 Å². The number of hydrogen-bond donors (Lipinski definition) is 0. The second-order valence-electron chi connectivity index (χ2n) is 9.73. The molecule has 0 aromatic heterocycles. The Morgan fingerprint density at radius 3 is 2.35 bits per heavy atom. The summed E-state index contributed by atoms with van der Waals surface area (Å²) in [4.78, 5) is 0. The van der Waals surface area contributed by atoms with Crippen LogP contribution in [0.4, 0.5) is 0 Å². The van der Waals surface area contributed by atoms with Gasteiger partial charge >= 0.3 is 0 Å². The molecule has 0 radical (unpaired) electrons. The molecule has 5 rings (SSSR count). The van der Waals surface area contributed by atoms with Crippen molar-refractivity contribution in [2.45, 2.75) is 94.6 Å². The summed E-state index contributed by atoms with van der Waals surface area (Å²) < 4.78 is 18.4. The van der Waals surface area contributed by atoms with Gasteiger partial charge in [0.1, 0.15) is 5.34 Å². The number of benzene rings is 1. The second-order valence-corrected chi connectivity index (χ2v) is 15.3. The van der Waals surface area contributed by atoms with E-state index in [4.69, 9.17) is 14.2 Å². The summed E-state index contributed by atoms with van der Waals surface area (Å²) in [7, 11) is 0.475. The Labute approximate surface area is 161 Å². The SMILES string of the molecule is CC(C)(C)P(Cc1ccccc1C12CC3OC(CC(O3)P1)O2)C(C)(C)C. The zero-order valence-electron chi connectivity index (χ0n) is 16.8. The van der Waals surface area contributed by atoms with Gasteiger partial charge in [0.2, 0.25) is 0 Å². The number of rotatable bonds is 3. The van der Waals surface area contributed by atoms with Crippen LogP contribution >= 0.6 is 16.5 Å². The van der Waals surface area contributed by atoms with Gasteiger partial charge in [0.15, 0.2) is 12.6 Å². The van der Waals surface area contributed by atoms with Crippen LogP contribution in [0, 0.1) is 0 Å². The third-order valence-electron chi connectivity index (χ3n) is 5.61. The van der Waals surface area contributed by atoms with Gasteiger partial charge in [0, 0.05) is 12.8 Å². The number of hydrogen-bond acceptors (Lipinski definition) is 3. The average molecular weight is 394 g/mol. The van der Waals surface area contributed by atoms with Crippen LogP contribution in [-0.2, 0) is 25.7 Å². The van der Waals surface area contributed by atoms with Gasteiger partial charge in [-0.05, 0) is 27.6 Å². The lowest BCUT2D eigenvalue weighted by Gasteiger charge is -2.56. The van der Waals surface area contributed by atoms with Crippen LogP contribution < -0.4 is 0 Å². The standard InChI is InChI=1S/C21H32O3P2/c1-19(2,3)26(20(4,5)6)13-14-9-7-8-10-15(14)21-12-17-22-16(24-21)11-18(23-17)25-21/h7-10,16-18,25H,11-13H2,1-6H3. The molecule has 0 aliphatic carbocycles. The second kappa shape index (κ2) is 6.50. The highest BCUT2D eigenvalue weighted by Gasteiger charge is 2.55. The summed E-state index contributed by atoms with van der Waals surface area (Å²) in [5.74, 6) is 0.307. The van der Waals surface area contributed by atoms with E-state index in [-0.39, 0.29) is 25.8 Å². The first-order valence-electron chi connectivity index (χ1n) is 9.69. The maximum Gasteiger partial charge on any atom is 0.165 e. The van der Waals surface area contributed by atoms with E-state index in [0.29, 0.717) is 24.7 Å². The highest BCUT2D eigenvalue weighted by molar-refractivity contribution is 7.60. The summed E-state index contributed by atoms with van der Waals surface area (Å²) in [6.07, 6.45) is 2.69. The molecule has 4 bridgehead atoms. The molecule has 4 aliphatic rings. The topological polar surface area (TPSA) is 27.7 Å². The Hall–Kier alpha value is -0.0400. The summed E-state index contributed by atoms with van der Waals surface area (Å²) in [6, 6.07) is 8.99. The van der Waals surface area contributed by atoms with Crippen LogP contribution in [-0.4, -0.2) is 28.7 Å². The molecule has 4 heterocycles. The monoisotopic (exact) mass is 394 g/mol. The Kier molecular flexibility index (Phi) is 4.82.